The van der Waals surface area contributed by atoms with E-state index in [1.54, 1.807) is 7.05 Å². The molecule has 0 saturated carbocycles. The van der Waals surface area contributed by atoms with Crippen LogP contribution in [0.2, 0.25) is 5.02 Å². The van der Waals surface area contributed by atoms with Crippen LogP contribution in [-0.4, -0.2) is 65.7 Å². The summed E-state index contributed by atoms with van der Waals surface area (Å²) in [6.45, 7) is 9.59. The molecule has 1 saturated heterocycles. The highest BCUT2D eigenvalue weighted by molar-refractivity contribution is 14.0. The van der Waals surface area contributed by atoms with Crippen molar-refractivity contribution in [3.8, 4) is 0 Å². The number of ether oxygens (including phenoxy) is 1. The number of nitrogens with zero attached hydrogens (tertiary/aromatic N) is 5. The zero-order chi connectivity index (χ0) is 20.6. The van der Waals surface area contributed by atoms with Gasteiger partial charge in [-0.25, -0.2) is 0 Å². The van der Waals surface area contributed by atoms with E-state index in [0.29, 0.717) is 24.9 Å². The summed E-state index contributed by atoms with van der Waals surface area (Å²) in [6, 6.07) is 8.05. The molecule has 1 aliphatic rings. The lowest BCUT2D eigenvalue weighted by atomic mass is 10.2. The number of piperazine rings is 1. The molecular weight excluding hydrogens is 519 g/mol. The Morgan fingerprint density at radius 2 is 1.97 bits per heavy atom. The standard InChI is InChI=1S/C20H29ClN6O2.HI/c1-4-28-15(2)19-24-18(29-25-19)13-23-20(22-3)27-11-9-26(10-12-27)14-16-5-7-17(21)8-6-16;/h5-8,15H,4,9-14H2,1-3H3,(H,22,23);1H. The summed E-state index contributed by atoms with van der Waals surface area (Å²) in [6.07, 6.45) is -0.175. The van der Waals surface area contributed by atoms with Gasteiger partial charge in [0.05, 0.1) is 6.54 Å². The molecule has 0 spiro atoms. The molecule has 10 heteroatoms. The molecule has 1 unspecified atom stereocenters. The molecule has 2 heterocycles. The maximum Gasteiger partial charge on any atom is 0.246 e. The molecule has 1 fully saturated rings. The second-order valence-corrected chi connectivity index (χ2v) is 7.37. The van der Waals surface area contributed by atoms with Gasteiger partial charge in [0.1, 0.15) is 6.10 Å². The summed E-state index contributed by atoms with van der Waals surface area (Å²) in [7, 11) is 1.79. The lowest BCUT2D eigenvalue weighted by Crippen LogP contribution is -2.52. The molecule has 30 heavy (non-hydrogen) atoms. The molecule has 0 radical (unpaired) electrons. The van der Waals surface area contributed by atoms with Crippen LogP contribution in [0.3, 0.4) is 0 Å². The number of nitrogens with one attached hydrogen (secondary N) is 1. The monoisotopic (exact) mass is 548 g/mol. The maximum atomic E-state index is 5.97. The van der Waals surface area contributed by atoms with Crippen molar-refractivity contribution >= 4 is 41.5 Å². The van der Waals surface area contributed by atoms with Gasteiger partial charge in [-0.05, 0) is 31.5 Å². The largest absolute Gasteiger partial charge is 0.371 e. The Kier molecular flexibility index (Phi) is 10.3. The first kappa shape index (κ1) is 24.8. The van der Waals surface area contributed by atoms with E-state index < -0.39 is 0 Å². The summed E-state index contributed by atoms with van der Waals surface area (Å²) >= 11 is 5.97. The zero-order valence-electron chi connectivity index (χ0n) is 17.7. The van der Waals surface area contributed by atoms with Crippen LogP contribution in [0.25, 0.3) is 0 Å². The maximum absolute atomic E-state index is 5.97. The fraction of sp³-hybridized carbons (Fsp3) is 0.550. The van der Waals surface area contributed by atoms with Crippen molar-refractivity contribution in [1.82, 2.24) is 25.3 Å². The van der Waals surface area contributed by atoms with Crippen LogP contribution in [0.1, 0.15) is 37.2 Å². The van der Waals surface area contributed by atoms with E-state index >= 15 is 0 Å². The van der Waals surface area contributed by atoms with E-state index in [4.69, 9.17) is 20.9 Å². The van der Waals surface area contributed by atoms with Gasteiger partial charge in [-0.3, -0.25) is 9.89 Å². The minimum absolute atomic E-state index is 0. The van der Waals surface area contributed by atoms with Crippen molar-refractivity contribution in [2.75, 3.05) is 39.8 Å². The van der Waals surface area contributed by atoms with Gasteiger partial charge in [0.2, 0.25) is 5.89 Å². The van der Waals surface area contributed by atoms with Gasteiger partial charge in [-0.2, -0.15) is 4.98 Å². The van der Waals surface area contributed by atoms with E-state index in [9.17, 15) is 0 Å². The van der Waals surface area contributed by atoms with E-state index in [-0.39, 0.29) is 30.1 Å². The van der Waals surface area contributed by atoms with Crippen LogP contribution in [0.15, 0.2) is 33.8 Å². The third kappa shape index (κ3) is 7.07. The molecule has 1 aromatic heterocycles. The Bertz CT molecular complexity index is 793. The molecule has 1 N–H and O–H groups in total. The van der Waals surface area contributed by atoms with Crippen LogP contribution in [-0.2, 0) is 17.8 Å². The smallest absolute Gasteiger partial charge is 0.246 e. The van der Waals surface area contributed by atoms with Gasteiger partial charge in [0.15, 0.2) is 11.8 Å². The summed E-state index contributed by atoms with van der Waals surface area (Å²) in [4.78, 5) is 13.5. The van der Waals surface area contributed by atoms with E-state index in [1.807, 2.05) is 26.0 Å². The minimum Gasteiger partial charge on any atom is -0.371 e. The van der Waals surface area contributed by atoms with Crippen molar-refractivity contribution in [1.29, 1.82) is 0 Å². The first-order chi connectivity index (χ1) is 14.1. The number of benzene rings is 1. The normalized spacial score (nSPS) is 16.3. The Morgan fingerprint density at radius 1 is 1.27 bits per heavy atom. The summed E-state index contributed by atoms with van der Waals surface area (Å²) in [5.74, 6) is 1.93. The van der Waals surface area contributed by atoms with E-state index in [2.05, 4.69) is 42.4 Å². The van der Waals surface area contributed by atoms with Crippen molar-refractivity contribution in [2.24, 2.45) is 4.99 Å². The topological polar surface area (TPSA) is 79.0 Å². The number of hydrogen-bond donors (Lipinski definition) is 1. The Hall–Kier alpha value is -1.43. The van der Waals surface area contributed by atoms with Gasteiger partial charge in [0.25, 0.3) is 0 Å². The lowest BCUT2D eigenvalue weighted by Gasteiger charge is -2.36. The Balaban J connectivity index is 0.00000320. The van der Waals surface area contributed by atoms with Gasteiger partial charge in [-0.15, -0.1) is 24.0 Å². The molecule has 1 aromatic carbocycles. The predicted octanol–water partition coefficient (Wildman–Crippen LogP) is 3.33. The summed E-state index contributed by atoms with van der Waals surface area (Å²) in [5, 5.41) is 8.08. The second kappa shape index (κ2) is 12.4. The van der Waals surface area contributed by atoms with Crippen LogP contribution in [0, 0.1) is 0 Å². The fourth-order valence-corrected chi connectivity index (χ4v) is 3.41. The van der Waals surface area contributed by atoms with E-state index in [0.717, 1.165) is 43.7 Å². The molecule has 1 aliphatic heterocycles. The van der Waals surface area contributed by atoms with Gasteiger partial charge in [0, 0.05) is 51.4 Å². The fourth-order valence-electron chi connectivity index (χ4n) is 3.28. The first-order valence-corrected chi connectivity index (χ1v) is 10.3. The van der Waals surface area contributed by atoms with Crippen LogP contribution in [0.5, 0.6) is 0 Å². The third-order valence-electron chi connectivity index (χ3n) is 4.86. The van der Waals surface area contributed by atoms with E-state index in [1.165, 1.54) is 5.56 Å². The Morgan fingerprint density at radius 3 is 2.60 bits per heavy atom. The van der Waals surface area contributed by atoms with Gasteiger partial charge in [-0.1, -0.05) is 28.9 Å². The minimum atomic E-state index is -0.175. The first-order valence-electron chi connectivity index (χ1n) is 9.95. The average Bonchev–Trinajstić information content (AvgIpc) is 3.21. The predicted molar refractivity (Wildman–Crippen MR) is 128 cm³/mol. The summed E-state index contributed by atoms with van der Waals surface area (Å²) < 4.78 is 10.8. The Labute approximate surface area is 200 Å². The molecule has 0 bridgehead atoms. The van der Waals surface area contributed by atoms with Crippen molar-refractivity contribution < 1.29 is 9.26 Å². The number of aromatic nitrogens is 2. The molecule has 0 amide bonds. The SMILES string of the molecule is CCOC(C)c1noc(CNC(=NC)N2CCN(Cc3ccc(Cl)cc3)CC2)n1.I. The highest BCUT2D eigenvalue weighted by atomic mass is 127. The highest BCUT2D eigenvalue weighted by Crippen LogP contribution is 2.14. The van der Waals surface area contributed by atoms with Crippen LogP contribution < -0.4 is 5.32 Å². The zero-order valence-corrected chi connectivity index (χ0v) is 20.8. The molecule has 0 aliphatic carbocycles. The summed E-state index contributed by atoms with van der Waals surface area (Å²) in [5.41, 5.74) is 1.28. The lowest BCUT2D eigenvalue weighted by molar-refractivity contribution is 0.0683. The molecule has 2 aromatic rings. The molecule has 3 rings (SSSR count). The molecule has 8 nitrogen and oxygen atoms in total. The number of rotatable bonds is 7. The number of aliphatic imine (C=N–C) groups is 1. The third-order valence-corrected chi connectivity index (χ3v) is 5.12. The molecular formula is C20H30ClIN6O2. The second-order valence-electron chi connectivity index (χ2n) is 6.93. The number of hydrogen-bond acceptors (Lipinski definition) is 6. The average molecular weight is 549 g/mol. The quantitative estimate of drug-likeness (QED) is 0.323. The van der Waals surface area contributed by atoms with Gasteiger partial charge < -0.3 is 19.5 Å². The molecule has 166 valence electrons. The van der Waals surface area contributed by atoms with Crippen molar-refractivity contribution in [3.63, 3.8) is 0 Å². The number of halogens is 2. The van der Waals surface area contributed by atoms with Gasteiger partial charge >= 0.3 is 0 Å². The molecule has 1 atom stereocenters. The number of guanidine groups is 1. The van der Waals surface area contributed by atoms with Crippen LogP contribution >= 0.6 is 35.6 Å². The van der Waals surface area contributed by atoms with Crippen molar-refractivity contribution in [3.05, 3.63) is 46.6 Å². The van der Waals surface area contributed by atoms with Crippen molar-refractivity contribution in [2.45, 2.75) is 33.0 Å². The van der Waals surface area contributed by atoms with Crippen LogP contribution in [0.4, 0.5) is 0 Å². The highest BCUT2D eigenvalue weighted by Gasteiger charge is 2.20.